The number of hydrogen-bond acceptors (Lipinski definition) is 6. The number of non-ortho nitro benzene ring substituents is 1. The van der Waals surface area contributed by atoms with E-state index < -0.39 is 10.2 Å². The number of ether oxygens (including phenoxy) is 2. The van der Waals surface area contributed by atoms with Crippen LogP contribution in [0.2, 0.25) is 0 Å². The van der Waals surface area contributed by atoms with Crippen molar-refractivity contribution in [3.63, 3.8) is 0 Å². The summed E-state index contributed by atoms with van der Waals surface area (Å²) in [6.45, 7) is 1.98. The minimum Gasteiger partial charge on any atom is -0.431 e. The first kappa shape index (κ1) is 17.1. The van der Waals surface area contributed by atoms with Crippen molar-refractivity contribution in [2.45, 2.75) is 12.2 Å². The minimum atomic E-state index is -1.41. The molecule has 1 unspecified atom stereocenters. The van der Waals surface area contributed by atoms with Crippen LogP contribution in [0.4, 0.5) is 5.69 Å². The summed E-state index contributed by atoms with van der Waals surface area (Å²) < 4.78 is 11.6. The van der Waals surface area contributed by atoms with Crippen LogP contribution in [0.25, 0.3) is 0 Å². The monoisotopic (exact) mass is 334 g/mol. The number of nitrogens with zero attached hydrogens (tertiary/aromatic N) is 2. The molecular weight excluding hydrogens is 316 g/mol. The fourth-order valence-electron chi connectivity index (χ4n) is 1.78. The molecule has 0 aliphatic carbocycles. The van der Waals surface area contributed by atoms with Gasteiger partial charge in [-0.1, -0.05) is 36.4 Å². The van der Waals surface area contributed by atoms with E-state index >= 15 is 0 Å². The summed E-state index contributed by atoms with van der Waals surface area (Å²) in [4.78, 5) is 12.0. The molecule has 0 bridgehead atoms. The molecule has 7 heteroatoms. The summed E-state index contributed by atoms with van der Waals surface area (Å²) in [5.74, 6) is 0.861. The van der Waals surface area contributed by atoms with E-state index in [0.29, 0.717) is 5.75 Å². The molecule has 0 spiro atoms. The normalized spacial score (nSPS) is 13.4. The summed E-state index contributed by atoms with van der Waals surface area (Å²) in [5.41, 5.74) is 1.04. The number of thiol groups is 1. The SMILES string of the molecule is Cc1ccc(OC(S)(Oc2cccc([N+](=O)[O-])c2)N(C)C)cc1. The van der Waals surface area contributed by atoms with Crippen molar-refractivity contribution in [1.82, 2.24) is 4.90 Å². The van der Waals surface area contributed by atoms with Crippen LogP contribution in [0.1, 0.15) is 5.56 Å². The van der Waals surface area contributed by atoms with Gasteiger partial charge in [-0.3, -0.25) is 10.1 Å². The fourth-order valence-corrected chi connectivity index (χ4v) is 1.99. The Morgan fingerprint density at radius 3 is 2.26 bits per heavy atom. The summed E-state index contributed by atoms with van der Waals surface area (Å²) >= 11 is 4.46. The van der Waals surface area contributed by atoms with E-state index in [2.05, 4.69) is 12.6 Å². The quantitative estimate of drug-likeness (QED) is 0.379. The Bertz CT molecular complexity index is 691. The zero-order valence-corrected chi connectivity index (χ0v) is 14.0. The Morgan fingerprint density at radius 2 is 1.70 bits per heavy atom. The number of benzene rings is 2. The lowest BCUT2D eigenvalue weighted by Crippen LogP contribution is -2.49. The Balaban J connectivity index is 2.25. The van der Waals surface area contributed by atoms with Gasteiger partial charge in [-0.05, 0) is 39.2 Å². The lowest BCUT2D eigenvalue weighted by atomic mass is 10.2. The van der Waals surface area contributed by atoms with Crippen molar-refractivity contribution in [3.05, 3.63) is 64.2 Å². The predicted molar refractivity (Wildman–Crippen MR) is 90.9 cm³/mol. The maximum atomic E-state index is 10.9. The molecule has 122 valence electrons. The van der Waals surface area contributed by atoms with E-state index in [0.717, 1.165) is 5.56 Å². The summed E-state index contributed by atoms with van der Waals surface area (Å²) in [6.07, 6.45) is 0. The van der Waals surface area contributed by atoms with Crippen molar-refractivity contribution in [2.24, 2.45) is 0 Å². The van der Waals surface area contributed by atoms with Crippen molar-refractivity contribution >= 4 is 18.3 Å². The first-order chi connectivity index (χ1) is 10.8. The molecule has 0 fully saturated rings. The van der Waals surface area contributed by atoms with Gasteiger partial charge in [-0.15, -0.1) is 0 Å². The van der Waals surface area contributed by atoms with E-state index in [-0.39, 0.29) is 11.4 Å². The number of nitro groups is 1. The van der Waals surface area contributed by atoms with Gasteiger partial charge in [0.05, 0.1) is 11.0 Å². The molecular formula is C16H18N2O4S. The second kappa shape index (κ2) is 6.89. The molecule has 0 amide bonds. The van der Waals surface area contributed by atoms with Gasteiger partial charge in [0, 0.05) is 6.07 Å². The Morgan fingerprint density at radius 1 is 1.09 bits per heavy atom. The average Bonchev–Trinajstić information content (AvgIpc) is 2.49. The molecule has 0 saturated carbocycles. The van der Waals surface area contributed by atoms with E-state index in [9.17, 15) is 10.1 Å². The van der Waals surface area contributed by atoms with Gasteiger partial charge >= 0.3 is 5.24 Å². The van der Waals surface area contributed by atoms with Gasteiger partial charge in [-0.2, -0.15) is 0 Å². The molecule has 2 aromatic rings. The molecule has 0 saturated heterocycles. The van der Waals surface area contributed by atoms with Crippen LogP contribution in [0, 0.1) is 17.0 Å². The lowest BCUT2D eigenvalue weighted by molar-refractivity contribution is -0.385. The second-order valence-corrected chi connectivity index (χ2v) is 5.78. The van der Waals surface area contributed by atoms with Crippen LogP contribution in [0.3, 0.4) is 0 Å². The van der Waals surface area contributed by atoms with Gasteiger partial charge in [0.15, 0.2) is 0 Å². The molecule has 6 nitrogen and oxygen atoms in total. The summed E-state index contributed by atoms with van der Waals surface area (Å²) in [7, 11) is 3.47. The van der Waals surface area contributed by atoms with E-state index in [1.807, 2.05) is 19.1 Å². The van der Waals surface area contributed by atoms with Gasteiger partial charge in [0.1, 0.15) is 11.5 Å². The smallest absolute Gasteiger partial charge is 0.366 e. The Kier molecular flexibility index (Phi) is 5.12. The van der Waals surface area contributed by atoms with Crippen molar-refractivity contribution in [3.8, 4) is 11.5 Å². The standard InChI is InChI=1S/C16H18N2O4S/c1-12-7-9-14(10-8-12)21-16(23,17(2)3)22-15-6-4-5-13(11-15)18(19)20/h4-11,23H,1-3H3. The number of aryl methyl sites for hydroxylation is 1. The zero-order chi connectivity index (χ0) is 17.0. The molecule has 2 rings (SSSR count). The third kappa shape index (κ3) is 4.37. The van der Waals surface area contributed by atoms with Gasteiger partial charge in [0.2, 0.25) is 0 Å². The van der Waals surface area contributed by atoms with E-state index in [1.54, 1.807) is 43.3 Å². The highest BCUT2D eigenvalue weighted by molar-refractivity contribution is 7.81. The number of hydrogen-bond donors (Lipinski definition) is 1. The second-order valence-electron chi connectivity index (χ2n) is 5.21. The first-order valence-electron chi connectivity index (χ1n) is 6.89. The van der Waals surface area contributed by atoms with Gasteiger partial charge < -0.3 is 9.47 Å². The van der Waals surface area contributed by atoms with Gasteiger partial charge in [-0.25, -0.2) is 4.90 Å². The van der Waals surface area contributed by atoms with Crippen molar-refractivity contribution < 1.29 is 14.4 Å². The molecule has 1 atom stereocenters. The first-order valence-corrected chi connectivity index (χ1v) is 7.34. The van der Waals surface area contributed by atoms with Crippen LogP contribution >= 0.6 is 12.6 Å². The third-order valence-corrected chi connectivity index (χ3v) is 3.70. The fraction of sp³-hybridized carbons (Fsp3) is 0.250. The highest BCUT2D eigenvalue weighted by Gasteiger charge is 2.34. The van der Waals surface area contributed by atoms with Crippen molar-refractivity contribution in [1.29, 1.82) is 0 Å². The number of nitro benzene ring substituents is 1. The topological polar surface area (TPSA) is 64.8 Å². The lowest BCUT2D eigenvalue weighted by Gasteiger charge is -2.34. The molecule has 0 aliphatic heterocycles. The Labute approximate surface area is 140 Å². The molecule has 0 radical (unpaired) electrons. The van der Waals surface area contributed by atoms with E-state index in [4.69, 9.17) is 9.47 Å². The zero-order valence-electron chi connectivity index (χ0n) is 13.1. The highest BCUT2D eigenvalue weighted by atomic mass is 32.1. The van der Waals surface area contributed by atoms with Crippen LogP contribution in [-0.2, 0) is 0 Å². The molecule has 0 aromatic heterocycles. The Hall–Kier alpha value is -2.25. The summed E-state index contributed by atoms with van der Waals surface area (Å²) in [6, 6.07) is 13.3. The third-order valence-electron chi connectivity index (χ3n) is 3.12. The molecule has 0 heterocycles. The van der Waals surface area contributed by atoms with E-state index in [1.165, 1.54) is 12.1 Å². The minimum absolute atomic E-state index is 0.0627. The summed E-state index contributed by atoms with van der Waals surface area (Å²) in [5, 5.41) is 9.45. The maximum Gasteiger partial charge on any atom is 0.366 e. The van der Waals surface area contributed by atoms with Gasteiger partial charge in [0.25, 0.3) is 5.69 Å². The van der Waals surface area contributed by atoms with Crippen molar-refractivity contribution in [2.75, 3.05) is 14.1 Å². The largest absolute Gasteiger partial charge is 0.431 e. The maximum absolute atomic E-state index is 10.9. The van der Waals surface area contributed by atoms with Crippen LogP contribution < -0.4 is 9.47 Å². The molecule has 0 aliphatic rings. The molecule has 2 aromatic carbocycles. The predicted octanol–water partition coefficient (Wildman–Crippen LogP) is 3.46. The molecule has 23 heavy (non-hydrogen) atoms. The highest BCUT2D eigenvalue weighted by Crippen LogP contribution is 2.29. The van der Waals surface area contributed by atoms with Crippen LogP contribution in [0.5, 0.6) is 11.5 Å². The van der Waals surface area contributed by atoms with Crippen LogP contribution in [-0.4, -0.2) is 29.2 Å². The number of rotatable bonds is 6. The molecule has 0 N–H and O–H groups in total. The average molecular weight is 334 g/mol. The van der Waals surface area contributed by atoms with Crippen LogP contribution in [0.15, 0.2) is 48.5 Å².